The van der Waals surface area contributed by atoms with Crippen molar-refractivity contribution in [2.75, 3.05) is 18.5 Å². The van der Waals surface area contributed by atoms with Crippen molar-refractivity contribution in [3.8, 4) is 22.4 Å². The largest absolute Gasteiger partial charge is 0.392 e. The topological polar surface area (TPSA) is 103 Å². The summed E-state index contributed by atoms with van der Waals surface area (Å²) >= 11 is 0. The number of hydrogen-bond donors (Lipinski definition) is 3. The fourth-order valence-electron chi connectivity index (χ4n) is 5.45. The molecule has 2 aliphatic rings. The fourth-order valence-corrected chi connectivity index (χ4v) is 5.45. The van der Waals surface area contributed by atoms with Gasteiger partial charge in [-0.2, -0.15) is 0 Å². The molecule has 1 saturated heterocycles. The van der Waals surface area contributed by atoms with Crippen molar-refractivity contribution >= 4 is 22.9 Å². The van der Waals surface area contributed by atoms with Crippen LogP contribution in [0.3, 0.4) is 0 Å². The lowest BCUT2D eigenvalue weighted by Gasteiger charge is -2.26. The number of amides is 2. The first kappa shape index (κ1) is 23.6. The first-order valence-corrected chi connectivity index (χ1v) is 13.1. The SMILES string of the molecule is O=C(Nc1nccc(-c2ccnc3[nH]c(-c4ccc(C5COC5)cc4)cc23)c1CO)N1Cc2ccccc2C1. The highest BCUT2D eigenvalue weighted by Gasteiger charge is 2.25. The van der Waals surface area contributed by atoms with Gasteiger partial charge in [0.2, 0.25) is 0 Å². The lowest BCUT2D eigenvalue weighted by Crippen LogP contribution is -2.31. The summed E-state index contributed by atoms with van der Waals surface area (Å²) in [6, 6.07) is 22.2. The molecule has 2 aliphatic heterocycles. The Kier molecular flexibility index (Phi) is 5.83. The number of anilines is 1. The number of rotatable bonds is 5. The van der Waals surface area contributed by atoms with E-state index in [0.29, 0.717) is 30.4 Å². The number of aromatic amines is 1. The molecule has 0 aliphatic carbocycles. The number of nitrogens with one attached hydrogen (secondary N) is 2. The van der Waals surface area contributed by atoms with E-state index in [2.05, 4.69) is 50.6 Å². The Morgan fingerprint density at radius 3 is 2.38 bits per heavy atom. The van der Waals surface area contributed by atoms with E-state index in [-0.39, 0.29) is 12.6 Å². The van der Waals surface area contributed by atoms with Crippen LogP contribution in [-0.2, 0) is 24.4 Å². The monoisotopic (exact) mass is 517 g/mol. The Bertz CT molecular complexity index is 1670. The maximum atomic E-state index is 13.1. The van der Waals surface area contributed by atoms with Gasteiger partial charge >= 0.3 is 6.03 Å². The highest BCUT2D eigenvalue weighted by Crippen LogP contribution is 2.36. The van der Waals surface area contributed by atoms with Gasteiger partial charge in [-0.3, -0.25) is 5.32 Å². The van der Waals surface area contributed by atoms with Gasteiger partial charge in [-0.15, -0.1) is 0 Å². The molecule has 5 aromatic rings. The van der Waals surface area contributed by atoms with Crippen LogP contribution in [-0.4, -0.2) is 44.2 Å². The van der Waals surface area contributed by atoms with E-state index in [4.69, 9.17) is 4.74 Å². The lowest BCUT2D eigenvalue weighted by atomic mass is 9.96. The number of carbonyl (C=O) groups is 1. The second-order valence-corrected chi connectivity index (χ2v) is 10.1. The minimum absolute atomic E-state index is 0.244. The lowest BCUT2D eigenvalue weighted by molar-refractivity contribution is 0.00843. The number of aliphatic hydroxyl groups excluding tert-OH is 1. The van der Waals surface area contributed by atoms with E-state index in [1.54, 1.807) is 17.3 Å². The van der Waals surface area contributed by atoms with E-state index in [9.17, 15) is 9.90 Å². The zero-order valence-electron chi connectivity index (χ0n) is 21.2. The van der Waals surface area contributed by atoms with Gasteiger partial charge in [-0.05, 0) is 51.6 Å². The summed E-state index contributed by atoms with van der Waals surface area (Å²) in [6.07, 6.45) is 3.41. The molecule has 0 bridgehead atoms. The molecule has 2 amide bonds. The van der Waals surface area contributed by atoms with Gasteiger partial charge in [0.25, 0.3) is 0 Å². The summed E-state index contributed by atoms with van der Waals surface area (Å²) in [5, 5.41) is 14.3. The van der Waals surface area contributed by atoms with Crippen molar-refractivity contribution in [3.05, 3.63) is 101 Å². The van der Waals surface area contributed by atoms with Gasteiger partial charge in [0, 0.05) is 48.0 Å². The Hall–Kier alpha value is -4.53. The van der Waals surface area contributed by atoms with E-state index in [1.165, 1.54) is 5.56 Å². The molecule has 8 heteroatoms. The number of urea groups is 1. The summed E-state index contributed by atoms with van der Waals surface area (Å²) in [7, 11) is 0. The molecule has 2 aromatic carbocycles. The second kappa shape index (κ2) is 9.65. The molecule has 5 heterocycles. The van der Waals surface area contributed by atoms with Gasteiger partial charge in [0.05, 0.1) is 19.8 Å². The van der Waals surface area contributed by atoms with Crippen molar-refractivity contribution in [2.45, 2.75) is 25.6 Å². The molecular weight excluding hydrogens is 490 g/mol. The van der Waals surface area contributed by atoms with Crippen LogP contribution in [0.25, 0.3) is 33.4 Å². The second-order valence-electron chi connectivity index (χ2n) is 10.1. The molecule has 7 rings (SSSR count). The predicted octanol–water partition coefficient (Wildman–Crippen LogP) is 5.45. The number of H-pyrrole nitrogens is 1. The number of aromatic nitrogens is 3. The fraction of sp³-hybridized carbons (Fsp3) is 0.194. The van der Waals surface area contributed by atoms with Gasteiger partial charge in [-0.25, -0.2) is 14.8 Å². The van der Waals surface area contributed by atoms with Crippen LogP contribution in [0.2, 0.25) is 0 Å². The molecule has 3 aromatic heterocycles. The Morgan fingerprint density at radius 1 is 0.974 bits per heavy atom. The zero-order valence-corrected chi connectivity index (χ0v) is 21.2. The quantitative estimate of drug-likeness (QED) is 0.288. The van der Waals surface area contributed by atoms with Crippen molar-refractivity contribution in [1.29, 1.82) is 0 Å². The standard InChI is InChI=1S/C31H27N5O3/c37-16-27-25(10-12-33-30(27)35-31(38)36-14-21-3-1-2-4-22(21)15-36)24-9-11-32-29-26(24)13-28(34-29)20-7-5-19(6-8-20)23-17-39-18-23/h1-13,23,37H,14-18H2,(H,32,34)(H,33,35,38). The maximum Gasteiger partial charge on any atom is 0.323 e. The van der Waals surface area contributed by atoms with Crippen molar-refractivity contribution < 1.29 is 14.6 Å². The van der Waals surface area contributed by atoms with Gasteiger partial charge in [0.1, 0.15) is 11.5 Å². The number of fused-ring (bicyclic) bond motifs is 2. The molecule has 0 atom stereocenters. The summed E-state index contributed by atoms with van der Waals surface area (Å²) < 4.78 is 5.32. The molecule has 0 spiro atoms. The zero-order chi connectivity index (χ0) is 26.3. The van der Waals surface area contributed by atoms with E-state index in [0.717, 1.165) is 57.8 Å². The third-order valence-corrected chi connectivity index (χ3v) is 7.72. The minimum Gasteiger partial charge on any atom is -0.392 e. The van der Waals surface area contributed by atoms with E-state index < -0.39 is 0 Å². The first-order valence-electron chi connectivity index (χ1n) is 13.1. The average molecular weight is 518 g/mol. The van der Waals surface area contributed by atoms with Gasteiger partial charge in [0.15, 0.2) is 0 Å². The smallest absolute Gasteiger partial charge is 0.323 e. The van der Waals surface area contributed by atoms with Gasteiger partial charge in [-0.1, -0.05) is 48.5 Å². The number of carbonyl (C=O) groups excluding carboxylic acids is 1. The molecular formula is C31H27N5O3. The highest BCUT2D eigenvalue weighted by molar-refractivity contribution is 5.98. The Balaban J connectivity index is 1.19. The molecule has 0 radical (unpaired) electrons. The molecule has 0 unspecified atom stereocenters. The summed E-state index contributed by atoms with van der Waals surface area (Å²) in [4.78, 5) is 27.3. The molecule has 3 N–H and O–H groups in total. The van der Waals surface area contributed by atoms with Crippen LogP contribution in [0.1, 0.15) is 28.2 Å². The van der Waals surface area contributed by atoms with Crippen LogP contribution in [0.4, 0.5) is 10.6 Å². The van der Waals surface area contributed by atoms with Crippen molar-refractivity contribution in [2.24, 2.45) is 0 Å². The van der Waals surface area contributed by atoms with Crippen molar-refractivity contribution in [3.63, 3.8) is 0 Å². The number of nitrogens with zero attached hydrogens (tertiary/aromatic N) is 3. The number of aliphatic hydroxyl groups is 1. The average Bonchev–Trinajstić information content (AvgIpc) is 3.57. The third-order valence-electron chi connectivity index (χ3n) is 7.72. The summed E-state index contributed by atoms with van der Waals surface area (Å²) in [5.74, 6) is 0.835. The van der Waals surface area contributed by atoms with E-state index >= 15 is 0 Å². The normalized spacial score (nSPS) is 14.8. The van der Waals surface area contributed by atoms with Crippen LogP contribution < -0.4 is 5.32 Å². The number of pyridine rings is 2. The molecule has 39 heavy (non-hydrogen) atoms. The molecule has 194 valence electrons. The number of benzene rings is 2. The third kappa shape index (κ3) is 4.24. The number of ether oxygens (including phenoxy) is 1. The Labute approximate surface area is 225 Å². The minimum atomic E-state index is -0.271. The van der Waals surface area contributed by atoms with Crippen LogP contribution >= 0.6 is 0 Å². The van der Waals surface area contributed by atoms with Crippen LogP contribution in [0.5, 0.6) is 0 Å². The predicted molar refractivity (Wildman–Crippen MR) is 149 cm³/mol. The van der Waals surface area contributed by atoms with Crippen molar-refractivity contribution in [1.82, 2.24) is 19.9 Å². The van der Waals surface area contributed by atoms with Crippen LogP contribution in [0.15, 0.2) is 79.1 Å². The van der Waals surface area contributed by atoms with Gasteiger partial charge < -0.3 is 19.7 Å². The molecule has 1 fully saturated rings. The summed E-state index contributed by atoms with van der Waals surface area (Å²) in [5.41, 5.74) is 8.62. The van der Waals surface area contributed by atoms with E-state index in [1.807, 2.05) is 36.4 Å². The summed E-state index contributed by atoms with van der Waals surface area (Å²) in [6.45, 7) is 2.39. The maximum absolute atomic E-state index is 13.1. The molecule has 8 nitrogen and oxygen atoms in total. The Morgan fingerprint density at radius 2 is 1.69 bits per heavy atom. The first-order chi connectivity index (χ1) is 19.2. The highest BCUT2D eigenvalue weighted by atomic mass is 16.5. The molecule has 0 saturated carbocycles. The number of hydrogen-bond acceptors (Lipinski definition) is 5. The van der Waals surface area contributed by atoms with Crippen LogP contribution in [0, 0.1) is 0 Å².